The Morgan fingerprint density at radius 3 is 2.74 bits per heavy atom. The summed E-state index contributed by atoms with van der Waals surface area (Å²) < 4.78 is 0. The Morgan fingerprint density at radius 2 is 2.17 bits per heavy atom. The number of nitrogens with two attached hydrogens (primary N) is 1. The first kappa shape index (κ1) is 16.9. The summed E-state index contributed by atoms with van der Waals surface area (Å²) in [6.07, 6.45) is 3.43. The molecule has 8 heteroatoms. The highest BCUT2D eigenvalue weighted by atomic mass is 32.1. The van der Waals surface area contributed by atoms with Crippen molar-refractivity contribution in [2.24, 2.45) is 4.99 Å². The molecule has 2 rings (SSSR count). The second-order valence-electron chi connectivity index (χ2n) is 4.64. The van der Waals surface area contributed by atoms with E-state index in [2.05, 4.69) is 25.9 Å². The second kappa shape index (κ2) is 7.70. The molecule has 0 aliphatic rings. The number of aliphatic imine (C=N–C) groups is 1. The van der Waals surface area contributed by atoms with Crippen LogP contribution in [0.25, 0.3) is 0 Å². The summed E-state index contributed by atoms with van der Waals surface area (Å²) in [6.45, 7) is 0.429. The number of nitrogens with zero attached hydrogens (tertiary/aromatic N) is 2. The molecule has 122 valence electrons. The number of nitrogens with one attached hydrogen (secondary N) is 3. The lowest BCUT2D eigenvalue weighted by Crippen LogP contribution is -2.18. The minimum Gasteiger partial charge on any atom is -0.397 e. The number of pyridine rings is 1. The van der Waals surface area contributed by atoms with Crippen molar-refractivity contribution in [2.75, 3.05) is 38.9 Å². The van der Waals surface area contributed by atoms with Crippen LogP contribution >= 0.6 is 11.3 Å². The highest BCUT2D eigenvalue weighted by Crippen LogP contribution is 2.37. The SMILES string of the molecule is CNCN=C(c1cccnc1)c1c(NC)sc(C(=O)NC)c1N. The van der Waals surface area contributed by atoms with E-state index in [4.69, 9.17) is 5.73 Å². The number of anilines is 2. The van der Waals surface area contributed by atoms with E-state index in [-0.39, 0.29) is 5.91 Å². The second-order valence-corrected chi connectivity index (χ2v) is 5.66. The fraction of sp³-hybridized carbons (Fsp3) is 0.267. The molecule has 0 spiro atoms. The summed E-state index contributed by atoms with van der Waals surface area (Å²) in [5, 5.41) is 9.49. The van der Waals surface area contributed by atoms with Gasteiger partial charge in [-0.3, -0.25) is 14.8 Å². The van der Waals surface area contributed by atoms with Crippen LogP contribution in [0.5, 0.6) is 0 Å². The van der Waals surface area contributed by atoms with Gasteiger partial charge in [0.2, 0.25) is 0 Å². The van der Waals surface area contributed by atoms with Crippen molar-refractivity contribution in [3.8, 4) is 0 Å². The number of aromatic nitrogens is 1. The molecule has 23 heavy (non-hydrogen) atoms. The molecule has 0 aliphatic heterocycles. The van der Waals surface area contributed by atoms with Gasteiger partial charge in [0.1, 0.15) is 9.88 Å². The van der Waals surface area contributed by atoms with Crippen LogP contribution in [0.4, 0.5) is 10.7 Å². The van der Waals surface area contributed by atoms with Crippen molar-refractivity contribution in [1.29, 1.82) is 0 Å². The van der Waals surface area contributed by atoms with E-state index in [0.717, 1.165) is 16.1 Å². The van der Waals surface area contributed by atoms with Crippen molar-refractivity contribution in [1.82, 2.24) is 15.6 Å². The van der Waals surface area contributed by atoms with Gasteiger partial charge in [-0.1, -0.05) is 0 Å². The van der Waals surface area contributed by atoms with Gasteiger partial charge in [0.15, 0.2) is 0 Å². The lowest BCUT2D eigenvalue weighted by Gasteiger charge is -2.10. The fourth-order valence-electron chi connectivity index (χ4n) is 2.11. The summed E-state index contributed by atoms with van der Waals surface area (Å²) in [7, 11) is 5.19. The van der Waals surface area contributed by atoms with Crippen molar-refractivity contribution in [3.05, 3.63) is 40.5 Å². The molecule has 0 radical (unpaired) electrons. The summed E-state index contributed by atoms with van der Waals surface area (Å²) >= 11 is 1.31. The molecule has 0 unspecified atom stereocenters. The van der Waals surface area contributed by atoms with Crippen LogP contribution in [0, 0.1) is 0 Å². The third kappa shape index (κ3) is 3.49. The maximum atomic E-state index is 12.0. The van der Waals surface area contributed by atoms with Gasteiger partial charge in [-0.25, -0.2) is 0 Å². The Bertz CT molecular complexity index is 710. The molecule has 0 aromatic carbocycles. The van der Waals surface area contributed by atoms with Gasteiger partial charge < -0.3 is 21.7 Å². The third-order valence-electron chi connectivity index (χ3n) is 3.17. The highest BCUT2D eigenvalue weighted by molar-refractivity contribution is 7.19. The van der Waals surface area contributed by atoms with Crippen LogP contribution in [0.2, 0.25) is 0 Å². The number of hydrogen-bond donors (Lipinski definition) is 4. The molecule has 2 heterocycles. The van der Waals surface area contributed by atoms with Crippen molar-refractivity contribution in [2.45, 2.75) is 0 Å². The number of hydrogen-bond acceptors (Lipinski definition) is 7. The minimum atomic E-state index is -0.214. The van der Waals surface area contributed by atoms with E-state index >= 15 is 0 Å². The summed E-state index contributed by atoms with van der Waals surface area (Å²) in [5.41, 5.74) is 8.93. The maximum Gasteiger partial charge on any atom is 0.263 e. The van der Waals surface area contributed by atoms with Crippen LogP contribution in [-0.2, 0) is 0 Å². The molecule has 0 aliphatic carbocycles. The quantitative estimate of drug-likeness (QED) is 0.594. The van der Waals surface area contributed by atoms with Gasteiger partial charge in [-0.15, -0.1) is 11.3 Å². The number of carbonyl (C=O) groups excluding carboxylic acids is 1. The molecule has 7 nitrogen and oxygen atoms in total. The summed E-state index contributed by atoms with van der Waals surface area (Å²) in [4.78, 5) is 21.2. The van der Waals surface area contributed by atoms with E-state index < -0.39 is 0 Å². The number of carbonyl (C=O) groups is 1. The van der Waals surface area contributed by atoms with Gasteiger partial charge in [0.05, 0.1) is 23.6 Å². The number of nitrogen functional groups attached to an aromatic ring is 1. The van der Waals surface area contributed by atoms with E-state index in [1.165, 1.54) is 11.3 Å². The molecule has 5 N–H and O–H groups in total. The van der Waals surface area contributed by atoms with Gasteiger partial charge in [-0.05, 0) is 19.2 Å². The normalized spacial score (nSPS) is 11.3. The molecule has 0 saturated heterocycles. The zero-order valence-corrected chi connectivity index (χ0v) is 14.1. The molecule has 0 bridgehead atoms. The van der Waals surface area contributed by atoms with Crippen LogP contribution in [0.15, 0.2) is 29.5 Å². The molecular weight excluding hydrogens is 312 g/mol. The summed E-state index contributed by atoms with van der Waals surface area (Å²) in [6, 6.07) is 3.75. The van der Waals surface area contributed by atoms with Gasteiger partial charge in [-0.2, -0.15) is 0 Å². The lowest BCUT2D eigenvalue weighted by atomic mass is 10.0. The average molecular weight is 332 g/mol. The predicted octanol–water partition coefficient (Wildman–Crippen LogP) is 1.14. The Morgan fingerprint density at radius 1 is 1.39 bits per heavy atom. The largest absolute Gasteiger partial charge is 0.397 e. The number of rotatable bonds is 6. The van der Waals surface area contributed by atoms with Gasteiger partial charge >= 0.3 is 0 Å². The van der Waals surface area contributed by atoms with Crippen LogP contribution in [0.1, 0.15) is 20.8 Å². The van der Waals surface area contributed by atoms with Crippen LogP contribution in [0.3, 0.4) is 0 Å². The Hall–Kier alpha value is -2.45. The molecule has 2 aromatic heterocycles. The van der Waals surface area contributed by atoms with E-state index in [0.29, 0.717) is 22.9 Å². The molecule has 0 atom stereocenters. The van der Waals surface area contributed by atoms with E-state index in [1.807, 2.05) is 19.2 Å². The van der Waals surface area contributed by atoms with E-state index in [9.17, 15) is 4.79 Å². The number of amides is 1. The first-order valence-corrected chi connectivity index (χ1v) is 7.87. The predicted molar refractivity (Wildman–Crippen MR) is 95.5 cm³/mol. The fourth-order valence-corrected chi connectivity index (χ4v) is 3.13. The topological polar surface area (TPSA) is 104 Å². The first-order valence-electron chi connectivity index (χ1n) is 7.05. The van der Waals surface area contributed by atoms with Crippen LogP contribution in [-0.4, -0.2) is 44.4 Å². The first-order chi connectivity index (χ1) is 11.1. The highest BCUT2D eigenvalue weighted by Gasteiger charge is 2.24. The number of thiophene rings is 1. The molecule has 1 amide bonds. The van der Waals surface area contributed by atoms with Crippen molar-refractivity contribution in [3.63, 3.8) is 0 Å². The van der Waals surface area contributed by atoms with Crippen LogP contribution < -0.4 is 21.7 Å². The van der Waals surface area contributed by atoms with Crippen molar-refractivity contribution >= 4 is 33.6 Å². The Kier molecular flexibility index (Phi) is 5.67. The Balaban J connectivity index is 2.63. The minimum absolute atomic E-state index is 0.214. The monoisotopic (exact) mass is 332 g/mol. The molecular formula is C15H20N6OS. The molecule has 2 aromatic rings. The molecule has 0 saturated carbocycles. The third-order valence-corrected chi connectivity index (χ3v) is 4.39. The smallest absolute Gasteiger partial charge is 0.263 e. The zero-order chi connectivity index (χ0) is 16.8. The van der Waals surface area contributed by atoms with Gasteiger partial charge in [0.25, 0.3) is 5.91 Å². The zero-order valence-electron chi connectivity index (χ0n) is 13.3. The Labute approximate surface area is 139 Å². The van der Waals surface area contributed by atoms with Crippen molar-refractivity contribution < 1.29 is 4.79 Å². The summed E-state index contributed by atoms with van der Waals surface area (Å²) in [5.74, 6) is -0.214. The maximum absolute atomic E-state index is 12.0. The lowest BCUT2D eigenvalue weighted by molar-refractivity contribution is 0.0968. The van der Waals surface area contributed by atoms with E-state index in [1.54, 1.807) is 26.5 Å². The average Bonchev–Trinajstić information content (AvgIpc) is 2.92. The standard InChI is InChI=1S/C15H20N6OS/c1-17-8-21-12(9-5-4-6-20-7-9)10-11(16)13(14(22)18-2)23-15(10)19-3/h4-7,17,19H,8,16H2,1-3H3,(H,18,22). The van der Waals surface area contributed by atoms with Gasteiger partial charge in [0, 0.05) is 32.1 Å². The molecule has 0 fully saturated rings.